The Hall–Kier alpha value is -1.34. The van der Waals surface area contributed by atoms with Crippen molar-refractivity contribution in [1.82, 2.24) is 9.88 Å². The molecule has 4 nitrogen and oxygen atoms in total. The third kappa shape index (κ3) is 3.16. The van der Waals surface area contributed by atoms with Crippen LogP contribution < -0.4 is 11.3 Å². The quantitative estimate of drug-likeness (QED) is 0.656. The van der Waals surface area contributed by atoms with Crippen LogP contribution in [0.25, 0.3) is 0 Å². The maximum atomic E-state index is 13.3. The molecule has 0 radical (unpaired) electrons. The van der Waals surface area contributed by atoms with Crippen LogP contribution in [0.15, 0.2) is 18.3 Å². The average Bonchev–Trinajstić information content (AvgIpc) is 2.75. The van der Waals surface area contributed by atoms with Crippen LogP contribution >= 0.6 is 0 Å². The second-order valence-corrected chi connectivity index (χ2v) is 4.95. The van der Waals surface area contributed by atoms with Gasteiger partial charge in [-0.25, -0.2) is 10.8 Å². The van der Waals surface area contributed by atoms with E-state index in [0.717, 1.165) is 6.42 Å². The Morgan fingerprint density at radius 1 is 1.47 bits per heavy atom. The van der Waals surface area contributed by atoms with E-state index in [0.29, 0.717) is 24.8 Å². The third-order valence-electron chi connectivity index (χ3n) is 3.38. The molecule has 19 heavy (non-hydrogen) atoms. The highest BCUT2D eigenvalue weighted by molar-refractivity contribution is 5.35. The number of rotatable bonds is 3. The van der Waals surface area contributed by atoms with Gasteiger partial charge in [0.05, 0.1) is 0 Å². The van der Waals surface area contributed by atoms with Gasteiger partial charge in [-0.15, -0.1) is 0 Å². The van der Waals surface area contributed by atoms with E-state index in [4.69, 9.17) is 5.84 Å². The second-order valence-electron chi connectivity index (χ2n) is 4.95. The number of pyridine rings is 1. The lowest BCUT2D eigenvalue weighted by Gasteiger charge is -2.29. The van der Waals surface area contributed by atoms with Crippen molar-refractivity contribution in [3.63, 3.8) is 0 Å². The van der Waals surface area contributed by atoms with Gasteiger partial charge in [-0.3, -0.25) is 4.90 Å². The largest absolute Gasteiger partial charge is 0.408 e. The van der Waals surface area contributed by atoms with E-state index >= 15 is 0 Å². The van der Waals surface area contributed by atoms with E-state index in [-0.39, 0.29) is 5.56 Å². The van der Waals surface area contributed by atoms with Crippen LogP contribution in [-0.2, 0) is 0 Å². The molecule has 2 atom stereocenters. The van der Waals surface area contributed by atoms with Gasteiger partial charge in [-0.05, 0) is 30.5 Å². The van der Waals surface area contributed by atoms with E-state index in [2.05, 4.69) is 10.4 Å². The highest BCUT2D eigenvalue weighted by Gasteiger charge is 2.46. The van der Waals surface area contributed by atoms with Crippen LogP contribution in [0.3, 0.4) is 0 Å². The minimum absolute atomic E-state index is 0.153. The number of nitrogens with zero attached hydrogens (tertiary/aromatic N) is 2. The van der Waals surface area contributed by atoms with Crippen molar-refractivity contribution in [3.05, 3.63) is 23.9 Å². The molecule has 1 aromatic heterocycles. The molecule has 0 aromatic carbocycles. The number of nitrogens with one attached hydrogen (secondary N) is 1. The molecule has 0 amide bonds. The van der Waals surface area contributed by atoms with Crippen molar-refractivity contribution >= 4 is 5.82 Å². The summed E-state index contributed by atoms with van der Waals surface area (Å²) in [4.78, 5) is 5.33. The van der Waals surface area contributed by atoms with Gasteiger partial charge in [0, 0.05) is 12.7 Å². The van der Waals surface area contributed by atoms with E-state index in [1.54, 1.807) is 0 Å². The first-order chi connectivity index (χ1) is 8.91. The number of aromatic nitrogens is 1. The first kappa shape index (κ1) is 14.1. The smallest absolute Gasteiger partial charge is 0.308 e. The van der Waals surface area contributed by atoms with E-state index in [1.165, 1.54) is 23.2 Å². The van der Waals surface area contributed by atoms with Crippen LogP contribution in [0, 0.1) is 5.92 Å². The van der Waals surface area contributed by atoms with Gasteiger partial charge in [0.25, 0.3) is 0 Å². The Kier molecular flexibility index (Phi) is 3.96. The van der Waals surface area contributed by atoms with Gasteiger partial charge in [-0.1, -0.05) is 13.0 Å². The lowest BCUT2D eigenvalue weighted by atomic mass is 10.1. The Labute approximate surface area is 109 Å². The van der Waals surface area contributed by atoms with Crippen molar-refractivity contribution in [3.8, 4) is 0 Å². The molecule has 2 heterocycles. The fourth-order valence-electron chi connectivity index (χ4n) is 2.46. The van der Waals surface area contributed by atoms with Gasteiger partial charge >= 0.3 is 6.18 Å². The summed E-state index contributed by atoms with van der Waals surface area (Å²) in [5, 5.41) is 0. The predicted molar refractivity (Wildman–Crippen MR) is 66.2 cm³/mol. The molecule has 0 unspecified atom stereocenters. The lowest BCUT2D eigenvalue weighted by molar-refractivity contribution is -0.184. The SMILES string of the molecule is C[C@H]1CCN([C@@H](c2ccc(NN)nc2)C(F)(F)F)C1. The monoisotopic (exact) mass is 274 g/mol. The van der Waals surface area contributed by atoms with Crippen molar-refractivity contribution in [1.29, 1.82) is 0 Å². The first-order valence-electron chi connectivity index (χ1n) is 6.15. The van der Waals surface area contributed by atoms with Crippen LogP contribution in [-0.4, -0.2) is 29.1 Å². The van der Waals surface area contributed by atoms with Crippen molar-refractivity contribution in [2.45, 2.75) is 25.6 Å². The predicted octanol–water partition coefficient (Wildman–Crippen LogP) is 2.31. The van der Waals surface area contributed by atoms with Crippen LogP contribution in [0.5, 0.6) is 0 Å². The van der Waals surface area contributed by atoms with Crippen LogP contribution in [0.1, 0.15) is 24.9 Å². The summed E-state index contributed by atoms with van der Waals surface area (Å²) < 4.78 is 39.8. The summed E-state index contributed by atoms with van der Waals surface area (Å²) in [7, 11) is 0. The number of nitrogen functional groups attached to an aromatic ring is 1. The number of likely N-dealkylation sites (tertiary alicyclic amines) is 1. The summed E-state index contributed by atoms with van der Waals surface area (Å²) >= 11 is 0. The van der Waals surface area contributed by atoms with Gasteiger partial charge in [0.15, 0.2) is 0 Å². The molecule has 1 aliphatic heterocycles. The maximum Gasteiger partial charge on any atom is 0.408 e. The molecule has 1 saturated heterocycles. The molecule has 0 spiro atoms. The molecule has 1 aliphatic rings. The first-order valence-corrected chi connectivity index (χ1v) is 6.15. The van der Waals surface area contributed by atoms with Crippen LogP contribution in [0.4, 0.5) is 19.0 Å². The van der Waals surface area contributed by atoms with E-state index < -0.39 is 12.2 Å². The van der Waals surface area contributed by atoms with Gasteiger partial charge < -0.3 is 5.43 Å². The van der Waals surface area contributed by atoms with Crippen molar-refractivity contribution in [2.75, 3.05) is 18.5 Å². The van der Waals surface area contributed by atoms with E-state index in [9.17, 15) is 13.2 Å². The zero-order chi connectivity index (χ0) is 14.0. The fourth-order valence-corrected chi connectivity index (χ4v) is 2.46. The second kappa shape index (κ2) is 5.34. The fraction of sp³-hybridized carbons (Fsp3) is 0.583. The molecular formula is C12H17F3N4. The number of halogens is 3. The topological polar surface area (TPSA) is 54.2 Å². The Morgan fingerprint density at radius 2 is 2.21 bits per heavy atom. The minimum Gasteiger partial charge on any atom is -0.308 e. The Morgan fingerprint density at radius 3 is 2.63 bits per heavy atom. The van der Waals surface area contributed by atoms with Gasteiger partial charge in [0.1, 0.15) is 11.9 Å². The summed E-state index contributed by atoms with van der Waals surface area (Å²) in [6.07, 6.45) is -2.28. The summed E-state index contributed by atoms with van der Waals surface area (Å²) in [5.74, 6) is 5.80. The average molecular weight is 274 g/mol. The molecule has 0 aliphatic carbocycles. The number of hydrogen-bond acceptors (Lipinski definition) is 4. The molecule has 3 N–H and O–H groups in total. The molecule has 106 valence electrons. The number of anilines is 1. The number of nitrogens with two attached hydrogens (primary N) is 1. The summed E-state index contributed by atoms with van der Waals surface area (Å²) in [6, 6.07) is 1.29. The van der Waals surface area contributed by atoms with Crippen molar-refractivity contribution < 1.29 is 13.2 Å². The molecule has 0 saturated carbocycles. The molecule has 1 fully saturated rings. The summed E-state index contributed by atoms with van der Waals surface area (Å²) in [6.45, 7) is 2.89. The highest BCUT2D eigenvalue weighted by Crippen LogP contribution is 2.40. The zero-order valence-electron chi connectivity index (χ0n) is 10.6. The Bertz CT molecular complexity index is 418. The molecule has 0 bridgehead atoms. The van der Waals surface area contributed by atoms with E-state index in [1.807, 2.05) is 6.92 Å². The Balaban J connectivity index is 2.26. The molecule has 2 rings (SSSR count). The molecular weight excluding hydrogens is 257 g/mol. The molecule has 1 aromatic rings. The normalized spacial score (nSPS) is 22.5. The van der Waals surface area contributed by atoms with Crippen molar-refractivity contribution in [2.24, 2.45) is 11.8 Å². The van der Waals surface area contributed by atoms with Gasteiger partial charge in [-0.2, -0.15) is 13.2 Å². The summed E-state index contributed by atoms with van der Waals surface area (Å²) in [5.41, 5.74) is 2.46. The standard InChI is InChI=1S/C12H17F3N4/c1-8-4-5-19(7-8)11(12(13,14)15)9-2-3-10(18-16)17-6-9/h2-3,6,8,11H,4-5,7,16H2,1H3,(H,17,18)/t8-,11-/m0/s1. The number of alkyl halides is 3. The highest BCUT2D eigenvalue weighted by atomic mass is 19.4. The third-order valence-corrected chi connectivity index (χ3v) is 3.38. The zero-order valence-corrected chi connectivity index (χ0v) is 10.6. The number of hydrogen-bond donors (Lipinski definition) is 2. The molecule has 7 heteroatoms. The lowest BCUT2D eigenvalue weighted by Crippen LogP contribution is -2.37. The number of hydrazine groups is 1. The van der Waals surface area contributed by atoms with Crippen LogP contribution in [0.2, 0.25) is 0 Å². The maximum absolute atomic E-state index is 13.3. The minimum atomic E-state index is -4.30. The van der Waals surface area contributed by atoms with Gasteiger partial charge in [0.2, 0.25) is 0 Å².